The average molecular weight is 433 g/mol. The van der Waals surface area contributed by atoms with E-state index in [1.807, 2.05) is 66.7 Å². The third-order valence-electron chi connectivity index (χ3n) is 5.17. The van der Waals surface area contributed by atoms with Crippen LogP contribution in [0.3, 0.4) is 0 Å². The van der Waals surface area contributed by atoms with Crippen molar-refractivity contribution < 1.29 is 18.9 Å². The highest BCUT2D eigenvalue weighted by Crippen LogP contribution is 2.17. The Bertz CT molecular complexity index is 894. The molecule has 0 amide bonds. The zero-order chi connectivity index (χ0) is 22.4. The quantitative estimate of drug-likeness (QED) is 0.233. The van der Waals surface area contributed by atoms with Gasteiger partial charge in [0.25, 0.3) is 0 Å². The lowest BCUT2D eigenvalue weighted by atomic mass is 10.1. The minimum absolute atomic E-state index is 0.160. The number of ether oxygens (including phenoxy) is 4. The molecule has 4 nitrogen and oxygen atoms in total. The first kappa shape index (κ1) is 23.7. The molecule has 0 bridgehead atoms. The van der Waals surface area contributed by atoms with Crippen LogP contribution >= 0.6 is 0 Å². The van der Waals surface area contributed by atoms with Crippen molar-refractivity contribution in [3.63, 3.8) is 0 Å². The maximum absolute atomic E-state index is 6.26. The molecule has 32 heavy (non-hydrogen) atoms. The van der Waals surface area contributed by atoms with Crippen molar-refractivity contribution in [2.75, 3.05) is 13.7 Å². The van der Waals surface area contributed by atoms with Gasteiger partial charge >= 0.3 is 0 Å². The van der Waals surface area contributed by atoms with E-state index < -0.39 is 0 Å². The van der Waals surface area contributed by atoms with Gasteiger partial charge in [0, 0.05) is 6.61 Å². The van der Waals surface area contributed by atoms with Gasteiger partial charge in [0.1, 0.15) is 11.9 Å². The molecule has 0 spiro atoms. The van der Waals surface area contributed by atoms with E-state index in [1.54, 1.807) is 7.11 Å². The van der Waals surface area contributed by atoms with E-state index in [-0.39, 0.29) is 12.2 Å². The van der Waals surface area contributed by atoms with E-state index in [4.69, 9.17) is 18.9 Å². The van der Waals surface area contributed by atoms with Crippen molar-refractivity contribution in [3.05, 3.63) is 114 Å². The molecular formula is C28H32O4. The van der Waals surface area contributed by atoms with E-state index in [0.29, 0.717) is 32.8 Å². The van der Waals surface area contributed by atoms with Crippen LogP contribution in [-0.4, -0.2) is 25.9 Å². The largest absolute Gasteiger partial charge is 0.497 e. The van der Waals surface area contributed by atoms with E-state index in [0.717, 1.165) is 22.4 Å². The average Bonchev–Trinajstić information content (AvgIpc) is 2.86. The molecule has 4 heteroatoms. The molecule has 3 aromatic rings. The van der Waals surface area contributed by atoms with Crippen molar-refractivity contribution in [2.24, 2.45) is 0 Å². The van der Waals surface area contributed by atoms with Crippen LogP contribution in [0.25, 0.3) is 0 Å². The highest BCUT2D eigenvalue weighted by atomic mass is 16.5. The predicted molar refractivity (Wildman–Crippen MR) is 128 cm³/mol. The summed E-state index contributed by atoms with van der Waals surface area (Å²) in [4.78, 5) is 0. The van der Waals surface area contributed by atoms with E-state index in [1.165, 1.54) is 0 Å². The molecule has 0 saturated carbocycles. The standard InChI is InChI=1S/C28H32O4/c1-3-27(31-21-23-10-6-4-7-11-23)28(32-22-24-12-8-5-9-13-24)18-19-30-20-25-14-16-26(29-2)17-15-25/h3-17,27-28H,1,18-22H2,2H3/t27-,28-/m0/s1. The Balaban J connectivity index is 1.54. The number of hydrogen-bond acceptors (Lipinski definition) is 4. The first-order valence-corrected chi connectivity index (χ1v) is 10.9. The molecule has 0 aliphatic rings. The zero-order valence-corrected chi connectivity index (χ0v) is 18.7. The van der Waals surface area contributed by atoms with Gasteiger partial charge in [-0.2, -0.15) is 0 Å². The maximum Gasteiger partial charge on any atom is 0.118 e. The molecule has 2 atom stereocenters. The van der Waals surface area contributed by atoms with Crippen molar-refractivity contribution in [1.29, 1.82) is 0 Å². The fourth-order valence-corrected chi connectivity index (χ4v) is 3.33. The van der Waals surface area contributed by atoms with Crippen LogP contribution in [0.1, 0.15) is 23.1 Å². The molecule has 0 heterocycles. The van der Waals surface area contributed by atoms with Crippen LogP contribution in [-0.2, 0) is 34.0 Å². The van der Waals surface area contributed by atoms with E-state index in [9.17, 15) is 0 Å². The van der Waals surface area contributed by atoms with Gasteiger partial charge in [-0.05, 0) is 35.2 Å². The molecule has 0 saturated heterocycles. The van der Waals surface area contributed by atoms with Crippen molar-refractivity contribution in [1.82, 2.24) is 0 Å². The van der Waals surface area contributed by atoms with Gasteiger partial charge in [0.15, 0.2) is 0 Å². The van der Waals surface area contributed by atoms with E-state index in [2.05, 4.69) is 30.8 Å². The second-order valence-corrected chi connectivity index (χ2v) is 7.52. The highest BCUT2D eigenvalue weighted by molar-refractivity contribution is 5.26. The van der Waals surface area contributed by atoms with Crippen molar-refractivity contribution in [3.8, 4) is 5.75 Å². The van der Waals surface area contributed by atoms with Gasteiger partial charge in [-0.3, -0.25) is 0 Å². The highest BCUT2D eigenvalue weighted by Gasteiger charge is 2.21. The maximum atomic E-state index is 6.26. The molecule has 168 valence electrons. The lowest BCUT2D eigenvalue weighted by Crippen LogP contribution is -2.31. The molecule has 0 aromatic heterocycles. The summed E-state index contributed by atoms with van der Waals surface area (Å²) >= 11 is 0. The Morgan fingerprint density at radius 2 is 1.28 bits per heavy atom. The molecule has 3 rings (SSSR count). The van der Waals surface area contributed by atoms with Crippen LogP contribution in [0, 0.1) is 0 Å². The first-order chi connectivity index (χ1) is 15.8. The predicted octanol–water partition coefficient (Wildman–Crippen LogP) is 5.96. The zero-order valence-electron chi connectivity index (χ0n) is 18.7. The molecule has 0 N–H and O–H groups in total. The lowest BCUT2D eigenvalue weighted by molar-refractivity contribution is -0.0770. The van der Waals surface area contributed by atoms with Crippen LogP contribution in [0.5, 0.6) is 5.75 Å². The third-order valence-corrected chi connectivity index (χ3v) is 5.17. The van der Waals surface area contributed by atoms with Crippen molar-refractivity contribution in [2.45, 2.75) is 38.4 Å². The molecule has 0 fully saturated rings. The minimum atomic E-state index is -0.233. The lowest BCUT2D eigenvalue weighted by Gasteiger charge is -2.25. The molecule has 0 aliphatic carbocycles. The smallest absolute Gasteiger partial charge is 0.118 e. The molecule has 3 aromatic carbocycles. The van der Waals surface area contributed by atoms with Gasteiger partial charge in [-0.25, -0.2) is 0 Å². The number of rotatable bonds is 14. The second kappa shape index (κ2) is 13.5. The van der Waals surface area contributed by atoms with Gasteiger partial charge in [0.2, 0.25) is 0 Å². The fraction of sp³-hybridized carbons (Fsp3) is 0.286. The normalized spacial score (nSPS) is 12.8. The summed E-state index contributed by atoms with van der Waals surface area (Å²) in [6, 6.07) is 28.2. The monoisotopic (exact) mass is 432 g/mol. The Kier molecular flexibility index (Phi) is 10.0. The Labute approximate surface area is 191 Å². The summed E-state index contributed by atoms with van der Waals surface area (Å²) in [7, 11) is 1.66. The Morgan fingerprint density at radius 3 is 1.84 bits per heavy atom. The van der Waals surface area contributed by atoms with E-state index >= 15 is 0 Å². The number of hydrogen-bond donors (Lipinski definition) is 0. The molecule has 0 aliphatic heterocycles. The van der Waals surface area contributed by atoms with Crippen LogP contribution < -0.4 is 4.74 Å². The topological polar surface area (TPSA) is 36.9 Å². The van der Waals surface area contributed by atoms with Crippen LogP contribution in [0.4, 0.5) is 0 Å². The van der Waals surface area contributed by atoms with Gasteiger partial charge in [-0.1, -0.05) is 78.9 Å². The summed E-state index contributed by atoms with van der Waals surface area (Å²) in [5, 5.41) is 0. The van der Waals surface area contributed by atoms with Crippen molar-refractivity contribution >= 4 is 0 Å². The third kappa shape index (κ3) is 7.97. The second-order valence-electron chi connectivity index (χ2n) is 7.52. The van der Waals surface area contributed by atoms with Crippen LogP contribution in [0.2, 0.25) is 0 Å². The van der Waals surface area contributed by atoms with Gasteiger partial charge in [0.05, 0.1) is 33.0 Å². The molecular weight excluding hydrogens is 400 g/mol. The summed E-state index contributed by atoms with van der Waals surface area (Å²) in [6.07, 6.45) is 2.13. The van der Waals surface area contributed by atoms with Gasteiger partial charge in [-0.15, -0.1) is 6.58 Å². The Morgan fingerprint density at radius 1 is 0.719 bits per heavy atom. The first-order valence-electron chi connectivity index (χ1n) is 10.9. The summed E-state index contributed by atoms with van der Waals surface area (Å²) in [5.74, 6) is 0.840. The minimum Gasteiger partial charge on any atom is -0.497 e. The fourth-order valence-electron chi connectivity index (χ4n) is 3.33. The number of methoxy groups -OCH3 is 1. The molecule has 0 radical (unpaired) electrons. The summed E-state index contributed by atoms with van der Waals surface area (Å²) in [5.41, 5.74) is 3.35. The SMILES string of the molecule is C=C[C@H](OCc1ccccc1)[C@H](CCOCc1ccc(OC)cc1)OCc1ccccc1. The number of benzene rings is 3. The van der Waals surface area contributed by atoms with Crippen LogP contribution in [0.15, 0.2) is 97.6 Å². The summed E-state index contributed by atoms with van der Waals surface area (Å²) < 4.78 is 23.5. The Hall–Kier alpha value is -2.92. The summed E-state index contributed by atoms with van der Waals surface area (Å²) in [6.45, 7) is 6.11. The van der Waals surface area contributed by atoms with Gasteiger partial charge < -0.3 is 18.9 Å². The molecule has 0 unspecified atom stereocenters.